The second kappa shape index (κ2) is 8.17. The number of hydrogen-bond donors (Lipinski definition) is 1. The van der Waals surface area contributed by atoms with Gasteiger partial charge in [0.2, 0.25) is 0 Å². The van der Waals surface area contributed by atoms with E-state index in [4.69, 9.17) is 19.3 Å². The molecule has 7 heteroatoms. The summed E-state index contributed by atoms with van der Waals surface area (Å²) in [4.78, 5) is 24.4. The zero-order valence-corrected chi connectivity index (χ0v) is 17.8. The Kier molecular flexibility index (Phi) is 5.56. The third kappa shape index (κ3) is 4.47. The number of aromatic nitrogens is 1. The summed E-state index contributed by atoms with van der Waals surface area (Å²) in [5, 5.41) is 9.93. The van der Waals surface area contributed by atoms with Crippen LogP contribution in [-0.4, -0.2) is 46.7 Å². The smallest absolute Gasteiger partial charge is 0.307 e. The minimum Gasteiger partial charge on any atom is -0.491 e. The lowest BCUT2D eigenvalue weighted by Crippen LogP contribution is -2.25. The van der Waals surface area contributed by atoms with Crippen molar-refractivity contribution in [2.24, 2.45) is 0 Å². The highest BCUT2D eigenvalue weighted by Gasteiger charge is 2.33. The van der Waals surface area contributed by atoms with E-state index < -0.39 is 11.8 Å². The van der Waals surface area contributed by atoms with Crippen molar-refractivity contribution in [2.45, 2.75) is 39.1 Å². The molecule has 3 aromatic rings. The maximum Gasteiger partial charge on any atom is 0.307 e. The first-order valence-corrected chi connectivity index (χ1v) is 10.1. The Morgan fingerprint density at radius 3 is 2.58 bits per heavy atom. The Balaban J connectivity index is 1.51. The highest BCUT2D eigenvalue weighted by atomic mass is 16.7. The maximum atomic E-state index is 13.2. The van der Waals surface area contributed by atoms with E-state index in [-0.39, 0.29) is 18.4 Å². The molecule has 31 heavy (non-hydrogen) atoms. The molecule has 2 aromatic carbocycles. The van der Waals surface area contributed by atoms with Crippen molar-refractivity contribution in [2.75, 3.05) is 13.2 Å². The molecule has 162 valence electrons. The van der Waals surface area contributed by atoms with Gasteiger partial charge in [-0.1, -0.05) is 12.1 Å². The van der Waals surface area contributed by atoms with E-state index in [0.29, 0.717) is 35.6 Å². The lowest BCUT2D eigenvalue weighted by Gasteiger charge is -2.17. The van der Waals surface area contributed by atoms with E-state index in [1.54, 1.807) is 41.0 Å². The summed E-state index contributed by atoms with van der Waals surface area (Å²) in [6.07, 6.45) is -0.223. The molecular formula is C24H25NO6. The topological polar surface area (TPSA) is 87.0 Å². The molecule has 4 rings (SSSR count). The third-order valence-corrected chi connectivity index (χ3v) is 5.27. The number of carboxylic acids is 1. The van der Waals surface area contributed by atoms with E-state index in [2.05, 4.69) is 0 Å². The van der Waals surface area contributed by atoms with Gasteiger partial charge in [-0.2, -0.15) is 0 Å². The van der Waals surface area contributed by atoms with Crippen molar-refractivity contribution in [1.82, 2.24) is 4.57 Å². The number of carbonyl (C=O) groups excluding carboxylic acids is 1. The molecule has 0 amide bonds. The lowest BCUT2D eigenvalue weighted by molar-refractivity contribution is -0.141. The quantitative estimate of drug-likeness (QED) is 0.649. The maximum absolute atomic E-state index is 13.2. The first-order valence-electron chi connectivity index (χ1n) is 10.1. The minimum atomic E-state index is -0.905. The summed E-state index contributed by atoms with van der Waals surface area (Å²) in [6, 6.07) is 14.2. The predicted octanol–water partition coefficient (Wildman–Crippen LogP) is 3.80. The van der Waals surface area contributed by atoms with Gasteiger partial charge in [-0.15, -0.1) is 0 Å². The van der Waals surface area contributed by atoms with Crippen molar-refractivity contribution in [3.05, 3.63) is 65.4 Å². The van der Waals surface area contributed by atoms with E-state index >= 15 is 0 Å². The van der Waals surface area contributed by atoms with Gasteiger partial charge in [0, 0.05) is 16.6 Å². The van der Waals surface area contributed by atoms with E-state index in [0.717, 1.165) is 11.1 Å². The fourth-order valence-electron chi connectivity index (χ4n) is 3.87. The molecule has 0 aliphatic carbocycles. The van der Waals surface area contributed by atoms with Gasteiger partial charge in [-0.25, -0.2) is 0 Å². The molecule has 1 saturated heterocycles. The summed E-state index contributed by atoms with van der Waals surface area (Å²) in [5.41, 5.74) is 2.64. The fraction of sp³-hybridized carbons (Fsp3) is 0.333. The Hall–Kier alpha value is -3.16. The number of hydrogen-bond acceptors (Lipinski definition) is 5. The molecule has 0 saturated carbocycles. The number of carbonyl (C=O) groups is 2. The van der Waals surface area contributed by atoms with Crippen molar-refractivity contribution in [1.29, 1.82) is 0 Å². The molecule has 1 aliphatic heterocycles. The second-order valence-corrected chi connectivity index (χ2v) is 8.13. The number of nitrogens with zero attached hydrogens (tertiary/aromatic N) is 1. The molecule has 2 heterocycles. The van der Waals surface area contributed by atoms with Crippen LogP contribution in [0.2, 0.25) is 0 Å². The normalized spacial score (nSPS) is 17.7. The van der Waals surface area contributed by atoms with Crippen LogP contribution in [0.1, 0.15) is 35.5 Å². The number of rotatable bonds is 6. The van der Waals surface area contributed by atoms with E-state index in [1.165, 1.54) is 0 Å². The summed E-state index contributed by atoms with van der Waals surface area (Å²) in [7, 11) is 0. The largest absolute Gasteiger partial charge is 0.491 e. The molecule has 1 unspecified atom stereocenters. The van der Waals surface area contributed by atoms with Crippen LogP contribution < -0.4 is 4.74 Å². The molecule has 1 aliphatic rings. The van der Waals surface area contributed by atoms with Gasteiger partial charge in [0.05, 0.1) is 18.5 Å². The van der Waals surface area contributed by atoms with Gasteiger partial charge in [-0.3, -0.25) is 14.2 Å². The molecular weight excluding hydrogens is 398 g/mol. The Morgan fingerprint density at radius 2 is 1.94 bits per heavy atom. The van der Waals surface area contributed by atoms with Gasteiger partial charge in [0.1, 0.15) is 18.5 Å². The molecule has 1 aromatic heterocycles. The third-order valence-electron chi connectivity index (χ3n) is 5.27. The molecule has 7 nitrogen and oxygen atoms in total. The summed E-state index contributed by atoms with van der Waals surface area (Å²) < 4.78 is 18.6. The highest BCUT2D eigenvalue weighted by Crippen LogP contribution is 2.26. The Bertz CT molecular complexity index is 1130. The van der Waals surface area contributed by atoms with Crippen LogP contribution in [0.3, 0.4) is 0 Å². The zero-order valence-electron chi connectivity index (χ0n) is 17.8. The standard InChI is InChI=1S/C24H25NO6/c1-15-11-20-17(12-22(26)27)5-4-6-21(20)25(15)23(28)16-7-9-18(10-8-16)29-13-19-14-30-24(2,3)31-19/h4-11,19H,12-14H2,1-3H3,(H,26,27). The monoisotopic (exact) mass is 423 g/mol. The summed E-state index contributed by atoms with van der Waals surface area (Å²) in [6.45, 7) is 6.42. The van der Waals surface area contributed by atoms with Crippen molar-refractivity contribution in [3.63, 3.8) is 0 Å². The Labute approximate surface area is 180 Å². The van der Waals surface area contributed by atoms with Gasteiger partial charge in [0.15, 0.2) is 5.79 Å². The molecule has 1 fully saturated rings. The number of aryl methyl sites for hydroxylation is 1. The van der Waals surface area contributed by atoms with Crippen molar-refractivity contribution in [3.8, 4) is 5.75 Å². The average molecular weight is 423 g/mol. The number of benzene rings is 2. The second-order valence-electron chi connectivity index (χ2n) is 8.13. The van der Waals surface area contributed by atoms with E-state index in [9.17, 15) is 9.59 Å². The number of aliphatic carboxylic acids is 1. The Morgan fingerprint density at radius 1 is 1.19 bits per heavy atom. The van der Waals surface area contributed by atoms with Crippen LogP contribution in [0.15, 0.2) is 48.5 Å². The van der Waals surface area contributed by atoms with Gasteiger partial charge in [0.25, 0.3) is 5.91 Å². The zero-order chi connectivity index (χ0) is 22.2. The first kappa shape index (κ1) is 21.1. The summed E-state index contributed by atoms with van der Waals surface area (Å²) >= 11 is 0. The number of fused-ring (bicyclic) bond motifs is 1. The number of ether oxygens (including phenoxy) is 3. The van der Waals surface area contributed by atoms with Crippen LogP contribution in [0.5, 0.6) is 5.75 Å². The summed E-state index contributed by atoms with van der Waals surface area (Å²) in [5.74, 6) is -1.03. The minimum absolute atomic E-state index is 0.0893. The van der Waals surface area contributed by atoms with Gasteiger partial charge >= 0.3 is 5.97 Å². The van der Waals surface area contributed by atoms with Crippen molar-refractivity contribution >= 4 is 22.8 Å². The molecule has 1 atom stereocenters. The van der Waals surface area contributed by atoms with Gasteiger partial charge in [-0.05, 0) is 62.7 Å². The predicted molar refractivity (Wildman–Crippen MR) is 115 cm³/mol. The molecule has 0 bridgehead atoms. The van der Waals surface area contributed by atoms with Crippen LogP contribution in [-0.2, 0) is 20.7 Å². The SMILES string of the molecule is Cc1cc2c(CC(=O)O)cccc2n1C(=O)c1ccc(OCC2COC(C)(C)O2)cc1. The van der Waals surface area contributed by atoms with Crippen LogP contribution in [0, 0.1) is 6.92 Å². The van der Waals surface area contributed by atoms with Crippen LogP contribution in [0.4, 0.5) is 0 Å². The molecule has 0 radical (unpaired) electrons. The van der Waals surface area contributed by atoms with Gasteiger partial charge < -0.3 is 19.3 Å². The molecule has 1 N–H and O–H groups in total. The number of carboxylic acid groups (broad SMARTS) is 1. The molecule has 0 spiro atoms. The first-order chi connectivity index (χ1) is 14.7. The van der Waals surface area contributed by atoms with Crippen LogP contribution in [0.25, 0.3) is 10.9 Å². The van der Waals surface area contributed by atoms with Crippen LogP contribution >= 0.6 is 0 Å². The van der Waals surface area contributed by atoms with E-state index in [1.807, 2.05) is 32.9 Å². The fourth-order valence-corrected chi connectivity index (χ4v) is 3.87. The lowest BCUT2D eigenvalue weighted by atomic mass is 10.1. The average Bonchev–Trinajstić information content (AvgIpc) is 3.24. The highest BCUT2D eigenvalue weighted by molar-refractivity contribution is 6.04. The van der Waals surface area contributed by atoms with Crippen molar-refractivity contribution < 1.29 is 28.9 Å².